The predicted molar refractivity (Wildman–Crippen MR) is 143 cm³/mol. The van der Waals surface area contributed by atoms with Crippen LogP contribution in [0.25, 0.3) is 0 Å². The number of hydrazone groups is 1. The van der Waals surface area contributed by atoms with Crippen LogP contribution in [-0.4, -0.2) is 59.6 Å². The van der Waals surface area contributed by atoms with E-state index < -0.39 is 22.9 Å². The second-order valence-electron chi connectivity index (χ2n) is 10.0. The number of benzene rings is 2. The van der Waals surface area contributed by atoms with Gasteiger partial charge in [-0.1, -0.05) is 60.7 Å². The van der Waals surface area contributed by atoms with Crippen molar-refractivity contribution >= 4 is 35.8 Å². The van der Waals surface area contributed by atoms with Crippen molar-refractivity contribution in [3.05, 3.63) is 71.8 Å². The molecule has 4 N–H and O–H groups in total. The van der Waals surface area contributed by atoms with Crippen LogP contribution in [0.1, 0.15) is 31.4 Å². The lowest BCUT2D eigenvalue weighted by atomic mass is 9.73. The van der Waals surface area contributed by atoms with Gasteiger partial charge in [0.05, 0.1) is 24.5 Å². The van der Waals surface area contributed by atoms with Gasteiger partial charge in [-0.3, -0.25) is 14.4 Å². The van der Waals surface area contributed by atoms with Gasteiger partial charge in [0.15, 0.2) is 0 Å². The van der Waals surface area contributed by atoms with E-state index in [1.807, 2.05) is 60.7 Å². The Bertz CT molecular complexity index is 1140. The molecule has 2 aliphatic heterocycles. The molecule has 0 spiro atoms. The number of nitrogens with two attached hydrogens (primary N) is 1. The number of ether oxygens (including phenoxy) is 1. The summed E-state index contributed by atoms with van der Waals surface area (Å²) in [5.41, 5.74) is 9.17. The third kappa shape index (κ3) is 6.54. The molecule has 9 nitrogen and oxygen atoms in total. The van der Waals surface area contributed by atoms with Gasteiger partial charge >= 0.3 is 0 Å². The first-order chi connectivity index (χ1) is 17.2. The monoisotopic (exact) mass is 527 g/mol. The van der Waals surface area contributed by atoms with E-state index in [-0.39, 0.29) is 37.4 Å². The van der Waals surface area contributed by atoms with Crippen molar-refractivity contribution in [2.24, 2.45) is 16.3 Å². The van der Waals surface area contributed by atoms with Crippen LogP contribution >= 0.6 is 12.4 Å². The molecule has 1 saturated heterocycles. The van der Waals surface area contributed by atoms with E-state index in [0.29, 0.717) is 26.0 Å². The molecule has 2 heterocycles. The number of fused-ring (bicyclic) bond motifs is 1. The number of nitrogens with zero attached hydrogens (tertiary/aromatic N) is 2. The number of hydrogen-bond donors (Lipinski definition) is 3. The second kappa shape index (κ2) is 11.9. The van der Waals surface area contributed by atoms with E-state index in [1.54, 1.807) is 18.7 Å². The molecular formula is C27H34ClN5O4. The fourth-order valence-corrected chi connectivity index (χ4v) is 4.55. The molecule has 0 saturated carbocycles. The summed E-state index contributed by atoms with van der Waals surface area (Å²) in [7, 11) is 0. The molecule has 2 aromatic carbocycles. The fourth-order valence-electron chi connectivity index (χ4n) is 4.55. The Kier molecular flexibility index (Phi) is 9.07. The lowest BCUT2D eigenvalue weighted by Gasteiger charge is -2.40. The standard InChI is InChI=1S/C27H33N5O4.ClH/c1-26(2,28)24(34)29-21(17-36-16-20-11-7-4-8-12-20)23(33)32-14-13-22-27(18-32,25(35)31-30-22)15-19-9-5-3-6-10-19;/h3-12,21H,13-18,28H2,1-2H3,(H,29,34)(H,31,35);1H/t21-,27-;/m1./s1. The van der Waals surface area contributed by atoms with Gasteiger partial charge in [0.1, 0.15) is 11.5 Å². The molecule has 198 valence electrons. The molecule has 2 aliphatic rings. The molecule has 0 unspecified atom stereocenters. The molecule has 10 heteroatoms. The Morgan fingerprint density at radius 2 is 1.76 bits per heavy atom. The van der Waals surface area contributed by atoms with Crippen LogP contribution in [0.15, 0.2) is 65.8 Å². The maximum absolute atomic E-state index is 13.7. The number of rotatable bonds is 9. The zero-order valence-corrected chi connectivity index (χ0v) is 21.9. The summed E-state index contributed by atoms with van der Waals surface area (Å²) in [6.45, 7) is 3.99. The van der Waals surface area contributed by atoms with E-state index in [2.05, 4.69) is 15.8 Å². The molecule has 37 heavy (non-hydrogen) atoms. The van der Waals surface area contributed by atoms with Crippen molar-refractivity contribution < 1.29 is 19.1 Å². The summed E-state index contributed by atoms with van der Waals surface area (Å²) >= 11 is 0. The molecular weight excluding hydrogens is 494 g/mol. The average Bonchev–Trinajstić information content (AvgIpc) is 3.18. The van der Waals surface area contributed by atoms with Crippen LogP contribution in [0.5, 0.6) is 0 Å². The minimum atomic E-state index is -1.17. The highest BCUT2D eigenvalue weighted by molar-refractivity contribution is 6.13. The highest BCUT2D eigenvalue weighted by Gasteiger charge is 2.52. The third-order valence-corrected chi connectivity index (χ3v) is 6.60. The maximum Gasteiger partial charge on any atom is 0.254 e. The maximum atomic E-state index is 13.7. The van der Waals surface area contributed by atoms with Crippen molar-refractivity contribution in [3.8, 4) is 0 Å². The quantitative estimate of drug-likeness (QED) is 0.458. The van der Waals surface area contributed by atoms with E-state index in [9.17, 15) is 14.4 Å². The molecule has 2 atom stereocenters. The Balaban J connectivity index is 0.00000380. The van der Waals surface area contributed by atoms with Gasteiger partial charge in [0.2, 0.25) is 11.8 Å². The zero-order chi connectivity index (χ0) is 25.8. The van der Waals surface area contributed by atoms with Crippen LogP contribution in [0, 0.1) is 5.41 Å². The van der Waals surface area contributed by atoms with Crippen molar-refractivity contribution in [2.45, 2.75) is 44.9 Å². The van der Waals surface area contributed by atoms with Gasteiger partial charge < -0.3 is 20.7 Å². The molecule has 0 bridgehead atoms. The largest absolute Gasteiger partial charge is 0.374 e. The summed E-state index contributed by atoms with van der Waals surface area (Å²) in [6.07, 6.45) is 0.894. The molecule has 0 radical (unpaired) electrons. The fraction of sp³-hybridized carbons (Fsp3) is 0.407. The Hall–Kier alpha value is -3.27. The zero-order valence-electron chi connectivity index (χ0n) is 21.1. The number of nitrogens with one attached hydrogen (secondary N) is 2. The van der Waals surface area contributed by atoms with Gasteiger partial charge in [0.25, 0.3) is 5.91 Å². The van der Waals surface area contributed by atoms with Crippen molar-refractivity contribution in [2.75, 3.05) is 19.7 Å². The number of hydrogen-bond acceptors (Lipinski definition) is 6. The second-order valence-corrected chi connectivity index (χ2v) is 10.0. The van der Waals surface area contributed by atoms with Crippen LogP contribution < -0.4 is 16.5 Å². The lowest BCUT2D eigenvalue weighted by molar-refractivity contribution is -0.142. The van der Waals surface area contributed by atoms with E-state index >= 15 is 0 Å². The molecule has 3 amide bonds. The van der Waals surface area contributed by atoms with Crippen LogP contribution in [0.2, 0.25) is 0 Å². The summed E-state index contributed by atoms with van der Waals surface area (Å²) < 4.78 is 5.83. The average molecular weight is 528 g/mol. The Morgan fingerprint density at radius 1 is 1.14 bits per heavy atom. The molecule has 0 aliphatic carbocycles. The summed E-state index contributed by atoms with van der Waals surface area (Å²) in [6, 6.07) is 18.3. The minimum Gasteiger partial charge on any atom is -0.374 e. The van der Waals surface area contributed by atoms with Gasteiger partial charge in [-0.2, -0.15) is 5.10 Å². The third-order valence-electron chi connectivity index (χ3n) is 6.60. The molecule has 4 rings (SSSR count). The lowest BCUT2D eigenvalue weighted by Crippen LogP contribution is -2.61. The SMILES string of the molecule is CC(C)(N)C(=O)N[C@H](COCc1ccccc1)C(=O)N1CCC2=NNC(=O)[C@]2(Cc2ccccc2)C1.Cl. The summed E-state index contributed by atoms with van der Waals surface area (Å²) in [5, 5.41) is 7.04. The smallest absolute Gasteiger partial charge is 0.254 e. The van der Waals surface area contributed by atoms with Crippen LogP contribution in [0.3, 0.4) is 0 Å². The van der Waals surface area contributed by atoms with Crippen molar-refractivity contribution in [3.63, 3.8) is 0 Å². The van der Waals surface area contributed by atoms with Crippen LogP contribution in [-0.2, 0) is 32.1 Å². The van der Waals surface area contributed by atoms with Crippen LogP contribution in [0.4, 0.5) is 0 Å². The van der Waals surface area contributed by atoms with E-state index in [0.717, 1.165) is 16.8 Å². The predicted octanol–water partition coefficient (Wildman–Crippen LogP) is 1.79. The van der Waals surface area contributed by atoms with Gasteiger partial charge in [-0.05, 0) is 31.4 Å². The number of likely N-dealkylation sites (tertiary alicyclic amines) is 1. The highest BCUT2D eigenvalue weighted by Crippen LogP contribution is 2.35. The van der Waals surface area contributed by atoms with Crippen molar-refractivity contribution in [1.29, 1.82) is 0 Å². The molecule has 1 fully saturated rings. The molecule has 2 aromatic rings. The minimum absolute atomic E-state index is 0. The summed E-state index contributed by atoms with van der Waals surface area (Å²) in [4.78, 5) is 41.1. The van der Waals surface area contributed by atoms with Gasteiger partial charge in [-0.25, -0.2) is 5.43 Å². The van der Waals surface area contributed by atoms with E-state index in [4.69, 9.17) is 10.5 Å². The number of amides is 3. The normalized spacial score (nSPS) is 19.7. The first-order valence-electron chi connectivity index (χ1n) is 12.1. The number of carbonyl (C=O) groups is 3. The first-order valence-corrected chi connectivity index (χ1v) is 12.1. The van der Waals surface area contributed by atoms with Gasteiger partial charge in [0, 0.05) is 19.5 Å². The number of halogens is 1. The van der Waals surface area contributed by atoms with Crippen molar-refractivity contribution in [1.82, 2.24) is 15.6 Å². The number of carbonyl (C=O) groups excluding carboxylic acids is 3. The Labute approximate surface area is 223 Å². The topological polar surface area (TPSA) is 126 Å². The first kappa shape index (κ1) is 28.3. The summed E-state index contributed by atoms with van der Waals surface area (Å²) in [5.74, 6) is -0.990. The molecule has 0 aromatic heterocycles. The number of piperidine rings is 1. The van der Waals surface area contributed by atoms with Gasteiger partial charge in [-0.15, -0.1) is 12.4 Å². The van der Waals surface area contributed by atoms with E-state index in [1.165, 1.54) is 0 Å². The highest BCUT2D eigenvalue weighted by atomic mass is 35.5. The Morgan fingerprint density at radius 3 is 2.38 bits per heavy atom.